The number of hydrogen-bond acceptors (Lipinski definition) is 6. The van der Waals surface area contributed by atoms with Crippen LogP contribution in [-0.4, -0.2) is 51.7 Å². The molecule has 2 amide bonds. The van der Waals surface area contributed by atoms with Crippen molar-refractivity contribution in [3.63, 3.8) is 0 Å². The van der Waals surface area contributed by atoms with Gasteiger partial charge in [0.1, 0.15) is 22.8 Å². The Labute approximate surface area is 207 Å². The summed E-state index contributed by atoms with van der Waals surface area (Å²) in [5.41, 5.74) is -0.349. The molecule has 0 aliphatic carbocycles. The highest BCUT2D eigenvalue weighted by Gasteiger charge is 2.48. The van der Waals surface area contributed by atoms with Crippen LogP contribution in [0.1, 0.15) is 46.0 Å². The number of aromatic nitrogens is 2. The van der Waals surface area contributed by atoms with Crippen LogP contribution >= 0.6 is 0 Å². The Morgan fingerprint density at radius 3 is 2.53 bits per heavy atom. The van der Waals surface area contributed by atoms with E-state index in [9.17, 15) is 18.8 Å². The molecule has 9 nitrogen and oxygen atoms in total. The standard InChI is InChI=1S/C26H27FN4O5/c1-4-36-24(33)20-13-21-23(32)30(15-18-10-5-7-11-19(18)27)26(2,16-31(21)29-20)25(34)28-14-17-9-6-8-12-22(17)35-3/h5-13H,4,14-16H2,1-3H3,(H,28,34)/t26-/m0/s1. The summed E-state index contributed by atoms with van der Waals surface area (Å²) in [6.07, 6.45) is 0. The predicted octanol–water partition coefficient (Wildman–Crippen LogP) is 2.94. The van der Waals surface area contributed by atoms with E-state index in [4.69, 9.17) is 9.47 Å². The van der Waals surface area contributed by atoms with Gasteiger partial charge in [0.15, 0.2) is 5.69 Å². The molecule has 0 saturated heterocycles. The van der Waals surface area contributed by atoms with Gasteiger partial charge in [-0.25, -0.2) is 9.18 Å². The summed E-state index contributed by atoms with van der Waals surface area (Å²) in [6, 6.07) is 14.7. The first-order valence-electron chi connectivity index (χ1n) is 11.5. The molecular formula is C26H27FN4O5. The highest BCUT2D eigenvalue weighted by Crippen LogP contribution is 2.30. The van der Waals surface area contributed by atoms with Crippen molar-refractivity contribution in [2.45, 2.75) is 39.0 Å². The lowest BCUT2D eigenvalue weighted by Crippen LogP contribution is -2.63. The fourth-order valence-corrected chi connectivity index (χ4v) is 4.21. The summed E-state index contributed by atoms with van der Waals surface area (Å²) in [7, 11) is 1.54. The topological polar surface area (TPSA) is 103 Å². The van der Waals surface area contributed by atoms with E-state index in [-0.39, 0.29) is 43.2 Å². The number of benzene rings is 2. The van der Waals surface area contributed by atoms with E-state index < -0.39 is 29.1 Å². The molecule has 36 heavy (non-hydrogen) atoms. The number of rotatable bonds is 8. The maximum absolute atomic E-state index is 14.5. The minimum absolute atomic E-state index is 0.0373. The minimum Gasteiger partial charge on any atom is -0.496 e. The largest absolute Gasteiger partial charge is 0.496 e. The minimum atomic E-state index is -1.44. The van der Waals surface area contributed by atoms with Gasteiger partial charge >= 0.3 is 5.97 Å². The first-order chi connectivity index (χ1) is 17.3. The lowest BCUT2D eigenvalue weighted by molar-refractivity contribution is -0.133. The first-order valence-corrected chi connectivity index (χ1v) is 11.5. The monoisotopic (exact) mass is 494 g/mol. The van der Waals surface area contributed by atoms with Gasteiger partial charge < -0.3 is 19.7 Å². The van der Waals surface area contributed by atoms with Crippen LogP contribution in [0.25, 0.3) is 0 Å². The highest BCUT2D eigenvalue weighted by atomic mass is 19.1. The van der Waals surface area contributed by atoms with Crippen LogP contribution in [0.5, 0.6) is 5.75 Å². The summed E-state index contributed by atoms with van der Waals surface area (Å²) >= 11 is 0. The third kappa shape index (κ3) is 4.66. The molecule has 3 aromatic rings. The van der Waals surface area contributed by atoms with Crippen LogP contribution in [0.2, 0.25) is 0 Å². The lowest BCUT2D eigenvalue weighted by atomic mass is 9.94. The number of carbonyl (C=O) groups excluding carboxylic acids is 3. The fraction of sp³-hybridized carbons (Fsp3) is 0.308. The number of methoxy groups -OCH3 is 1. The average Bonchev–Trinajstić information content (AvgIpc) is 3.30. The van der Waals surface area contributed by atoms with Gasteiger partial charge in [-0.1, -0.05) is 36.4 Å². The number of halogens is 1. The summed E-state index contributed by atoms with van der Waals surface area (Å²) in [5.74, 6) is -1.57. The van der Waals surface area contributed by atoms with Crippen molar-refractivity contribution in [2.75, 3.05) is 13.7 Å². The first kappa shape index (κ1) is 24.9. The number of nitrogens with zero attached hydrogens (tertiary/aromatic N) is 3. The average molecular weight is 495 g/mol. The SMILES string of the molecule is CCOC(=O)c1cc2n(n1)C[C@@](C)(C(=O)NCc1ccccc1OC)N(Cc1ccccc1F)C2=O. The van der Waals surface area contributed by atoms with E-state index in [1.165, 1.54) is 28.8 Å². The number of ether oxygens (including phenoxy) is 2. The van der Waals surface area contributed by atoms with Crippen molar-refractivity contribution in [3.8, 4) is 5.75 Å². The molecule has 0 bridgehead atoms. The van der Waals surface area contributed by atoms with Crippen LogP contribution in [0.3, 0.4) is 0 Å². The third-order valence-corrected chi connectivity index (χ3v) is 6.19. The molecular weight excluding hydrogens is 467 g/mol. The molecule has 10 heteroatoms. The molecule has 0 saturated carbocycles. The van der Waals surface area contributed by atoms with Crippen molar-refractivity contribution in [1.82, 2.24) is 20.0 Å². The second kappa shape index (κ2) is 10.2. The zero-order valence-electron chi connectivity index (χ0n) is 20.3. The Bertz CT molecular complexity index is 1310. The highest BCUT2D eigenvalue weighted by molar-refractivity contribution is 6.01. The maximum Gasteiger partial charge on any atom is 0.358 e. The zero-order valence-corrected chi connectivity index (χ0v) is 20.3. The van der Waals surface area contributed by atoms with Crippen LogP contribution in [0.15, 0.2) is 54.6 Å². The van der Waals surface area contributed by atoms with Gasteiger partial charge in [0.05, 0.1) is 26.8 Å². The van der Waals surface area contributed by atoms with Gasteiger partial charge in [-0.2, -0.15) is 5.10 Å². The van der Waals surface area contributed by atoms with Gasteiger partial charge in [0.25, 0.3) is 5.91 Å². The van der Waals surface area contributed by atoms with Gasteiger partial charge in [0, 0.05) is 23.7 Å². The van der Waals surface area contributed by atoms with Gasteiger partial charge in [-0.3, -0.25) is 14.3 Å². The van der Waals surface area contributed by atoms with E-state index >= 15 is 0 Å². The van der Waals surface area contributed by atoms with E-state index in [0.29, 0.717) is 5.75 Å². The van der Waals surface area contributed by atoms with E-state index in [1.54, 1.807) is 38.1 Å². The summed E-state index contributed by atoms with van der Waals surface area (Å²) in [6.45, 7) is 3.37. The Balaban J connectivity index is 1.69. The molecule has 188 valence electrons. The quantitative estimate of drug-likeness (QED) is 0.483. The van der Waals surface area contributed by atoms with Crippen molar-refractivity contribution in [3.05, 3.63) is 82.9 Å². The summed E-state index contributed by atoms with van der Waals surface area (Å²) in [4.78, 5) is 40.8. The number of carbonyl (C=O) groups is 3. The van der Waals surface area contributed by atoms with Crippen LogP contribution < -0.4 is 10.1 Å². The molecule has 1 aliphatic rings. The van der Waals surface area contributed by atoms with Gasteiger partial charge in [-0.05, 0) is 26.0 Å². The molecule has 0 fully saturated rings. The molecule has 1 aromatic heterocycles. The number of fused-ring (bicyclic) bond motifs is 1. The lowest BCUT2D eigenvalue weighted by Gasteiger charge is -2.43. The summed E-state index contributed by atoms with van der Waals surface area (Å²) < 4.78 is 26.2. The van der Waals surface area contributed by atoms with Gasteiger partial charge in [0.2, 0.25) is 5.91 Å². The molecule has 1 N–H and O–H groups in total. The van der Waals surface area contributed by atoms with Crippen LogP contribution in [0.4, 0.5) is 4.39 Å². The second-order valence-electron chi connectivity index (χ2n) is 8.54. The number of para-hydroxylation sites is 1. The number of esters is 1. The van der Waals surface area contributed by atoms with Crippen LogP contribution in [-0.2, 0) is 29.2 Å². The van der Waals surface area contributed by atoms with Crippen molar-refractivity contribution in [1.29, 1.82) is 0 Å². The van der Waals surface area contributed by atoms with E-state index in [2.05, 4.69) is 10.4 Å². The Morgan fingerprint density at radius 2 is 1.83 bits per heavy atom. The van der Waals surface area contributed by atoms with Crippen molar-refractivity contribution >= 4 is 17.8 Å². The molecule has 2 aromatic carbocycles. The van der Waals surface area contributed by atoms with Crippen molar-refractivity contribution in [2.24, 2.45) is 0 Å². The third-order valence-electron chi connectivity index (χ3n) is 6.19. The number of nitrogens with one attached hydrogen (secondary N) is 1. The molecule has 1 atom stereocenters. The second-order valence-corrected chi connectivity index (χ2v) is 8.54. The van der Waals surface area contributed by atoms with E-state index in [0.717, 1.165) is 5.56 Å². The fourth-order valence-electron chi connectivity index (χ4n) is 4.21. The Kier molecular flexibility index (Phi) is 7.05. The number of amides is 2. The van der Waals surface area contributed by atoms with Crippen LogP contribution in [0, 0.1) is 5.82 Å². The molecule has 0 spiro atoms. The van der Waals surface area contributed by atoms with Gasteiger partial charge in [-0.15, -0.1) is 0 Å². The molecule has 0 unspecified atom stereocenters. The van der Waals surface area contributed by atoms with Crippen molar-refractivity contribution < 1.29 is 28.2 Å². The van der Waals surface area contributed by atoms with E-state index in [1.807, 2.05) is 18.2 Å². The molecule has 2 heterocycles. The molecule has 1 aliphatic heterocycles. The maximum atomic E-state index is 14.5. The summed E-state index contributed by atoms with van der Waals surface area (Å²) in [5, 5.41) is 7.10. The Hall–Kier alpha value is -4.21. The Morgan fingerprint density at radius 1 is 1.14 bits per heavy atom. The molecule has 4 rings (SSSR count). The molecule has 0 radical (unpaired) electrons. The predicted molar refractivity (Wildman–Crippen MR) is 128 cm³/mol. The number of hydrogen-bond donors (Lipinski definition) is 1. The smallest absolute Gasteiger partial charge is 0.358 e. The zero-order chi connectivity index (χ0) is 25.9. The normalized spacial score (nSPS) is 16.9.